The van der Waals surface area contributed by atoms with Crippen molar-refractivity contribution in [2.24, 2.45) is 0 Å². The van der Waals surface area contributed by atoms with E-state index in [1.54, 1.807) is 17.5 Å². The fourth-order valence-electron chi connectivity index (χ4n) is 1.42. The lowest BCUT2D eigenvalue weighted by molar-refractivity contribution is 0.586. The van der Waals surface area contributed by atoms with Crippen LogP contribution >= 0.6 is 22.9 Å². The number of hydrogen-bond donors (Lipinski definition) is 2. The lowest BCUT2D eigenvalue weighted by Gasteiger charge is -2.05. The minimum atomic E-state index is -0.402. The third-order valence-electron chi connectivity index (χ3n) is 2.23. The average molecular weight is 273 g/mol. The first-order valence-corrected chi connectivity index (χ1v) is 6.23. The molecule has 0 aliphatic rings. The largest absolute Gasteiger partial charge is 0.315 e. The van der Waals surface area contributed by atoms with Gasteiger partial charge in [0.25, 0.3) is 0 Å². The zero-order chi connectivity index (χ0) is 12.3. The van der Waals surface area contributed by atoms with E-state index in [0.29, 0.717) is 18.7 Å². The highest BCUT2D eigenvalue weighted by Gasteiger charge is 2.05. The van der Waals surface area contributed by atoms with Crippen molar-refractivity contribution in [1.82, 2.24) is 10.3 Å². The second-order valence-electron chi connectivity index (χ2n) is 3.49. The van der Waals surface area contributed by atoms with E-state index in [2.05, 4.69) is 10.3 Å². The van der Waals surface area contributed by atoms with E-state index in [9.17, 15) is 9.18 Å². The highest BCUT2D eigenvalue weighted by molar-refractivity contribution is 7.07. The lowest BCUT2D eigenvalue weighted by Crippen LogP contribution is -2.14. The summed E-state index contributed by atoms with van der Waals surface area (Å²) >= 11 is 6.77. The molecule has 0 unspecified atom stereocenters. The summed E-state index contributed by atoms with van der Waals surface area (Å²) in [6.07, 6.45) is 0. The fraction of sp³-hybridized carbons (Fsp3) is 0.182. The first-order chi connectivity index (χ1) is 8.16. The quantitative estimate of drug-likeness (QED) is 0.898. The third-order valence-corrected chi connectivity index (χ3v) is 3.24. The van der Waals surface area contributed by atoms with Gasteiger partial charge in [0.1, 0.15) is 5.82 Å². The van der Waals surface area contributed by atoms with E-state index in [1.807, 2.05) is 0 Å². The van der Waals surface area contributed by atoms with Crippen LogP contribution in [0.4, 0.5) is 4.39 Å². The molecule has 2 rings (SSSR count). The van der Waals surface area contributed by atoms with Crippen molar-refractivity contribution in [3.8, 4) is 0 Å². The van der Waals surface area contributed by atoms with E-state index in [0.717, 1.165) is 17.0 Å². The van der Waals surface area contributed by atoms with Crippen molar-refractivity contribution in [3.05, 3.63) is 55.3 Å². The topological polar surface area (TPSA) is 44.9 Å². The molecule has 1 heterocycles. The Balaban J connectivity index is 1.94. The molecule has 3 nitrogen and oxygen atoms in total. The molecule has 0 atom stereocenters. The standard InChI is InChI=1S/C11H10ClFN2OS/c12-9-3-1-2-7(10(9)13)4-14-5-8-6-17-11(16)15-8/h1-3,6,14H,4-5H2,(H,15,16). The van der Waals surface area contributed by atoms with E-state index in [4.69, 9.17) is 11.6 Å². The molecule has 0 saturated carbocycles. The normalized spacial score (nSPS) is 10.7. The predicted octanol–water partition coefficient (Wildman–Crippen LogP) is 2.52. The van der Waals surface area contributed by atoms with Crippen LogP contribution < -0.4 is 10.2 Å². The molecule has 2 N–H and O–H groups in total. The molecule has 0 aliphatic carbocycles. The molecular formula is C11H10ClFN2OS. The predicted molar refractivity (Wildman–Crippen MR) is 66.9 cm³/mol. The van der Waals surface area contributed by atoms with Gasteiger partial charge in [-0.2, -0.15) is 0 Å². The van der Waals surface area contributed by atoms with Gasteiger partial charge in [-0.1, -0.05) is 35.1 Å². The smallest absolute Gasteiger partial charge is 0.304 e. The van der Waals surface area contributed by atoms with E-state index in [-0.39, 0.29) is 9.90 Å². The number of halogens is 2. The molecule has 2 aromatic rings. The maximum Gasteiger partial charge on any atom is 0.304 e. The van der Waals surface area contributed by atoms with E-state index < -0.39 is 5.82 Å². The molecule has 0 saturated heterocycles. The fourth-order valence-corrected chi connectivity index (χ4v) is 2.19. The number of aromatic amines is 1. The molecule has 1 aromatic carbocycles. The number of hydrogen-bond acceptors (Lipinski definition) is 3. The van der Waals surface area contributed by atoms with Crippen LogP contribution in [0.25, 0.3) is 0 Å². The summed E-state index contributed by atoms with van der Waals surface area (Å²) in [5.41, 5.74) is 1.30. The molecule has 0 aliphatic heterocycles. The van der Waals surface area contributed by atoms with Crippen LogP contribution in [0, 0.1) is 5.82 Å². The minimum Gasteiger partial charge on any atom is -0.315 e. The van der Waals surface area contributed by atoms with Crippen LogP contribution in [0.3, 0.4) is 0 Å². The average Bonchev–Trinajstić information content (AvgIpc) is 2.70. The van der Waals surface area contributed by atoms with Crippen molar-refractivity contribution in [3.63, 3.8) is 0 Å². The van der Waals surface area contributed by atoms with Crippen LogP contribution in [-0.4, -0.2) is 4.98 Å². The third kappa shape index (κ3) is 3.15. The molecule has 0 spiro atoms. The molecule has 0 radical (unpaired) electrons. The number of thiazole rings is 1. The highest BCUT2D eigenvalue weighted by Crippen LogP contribution is 2.17. The Bertz CT molecular complexity index is 567. The Hall–Kier alpha value is -1.17. The zero-order valence-electron chi connectivity index (χ0n) is 8.80. The van der Waals surface area contributed by atoms with Crippen LogP contribution in [0.1, 0.15) is 11.3 Å². The zero-order valence-corrected chi connectivity index (χ0v) is 10.4. The van der Waals surface area contributed by atoms with Crippen LogP contribution in [0.2, 0.25) is 5.02 Å². The molecule has 1 aromatic heterocycles. The number of rotatable bonds is 4. The summed E-state index contributed by atoms with van der Waals surface area (Å²) in [5.74, 6) is -0.402. The van der Waals surface area contributed by atoms with Gasteiger partial charge in [0, 0.05) is 29.7 Å². The van der Waals surface area contributed by atoms with Gasteiger partial charge in [-0.15, -0.1) is 0 Å². The van der Waals surface area contributed by atoms with Crippen molar-refractivity contribution in [2.45, 2.75) is 13.1 Å². The summed E-state index contributed by atoms with van der Waals surface area (Å²) in [5, 5.41) is 4.90. The molecule has 0 fully saturated rings. The molecule has 0 bridgehead atoms. The van der Waals surface area contributed by atoms with Crippen LogP contribution in [0.15, 0.2) is 28.4 Å². The second kappa shape index (κ2) is 5.44. The number of nitrogens with one attached hydrogen (secondary N) is 2. The second-order valence-corrected chi connectivity index (χ2v) is 4.74. The molecule has 0 amide bonds. The Kier molecular flexibility index (Phi) is 3.93. The maximum atomic E-state index is 13.5. The van der Waals surface area contributed by atoms with Crippen LogP contribution in [0.5, 0.6) is 0 Å². The summed E-state index contributed by atoms with van der Waals surface area (Å²) in [6.45, 7) is 0.856. The van der Waals surface area contributed by atoms with Gasteiger partial charge in [-0.05, 0) is 6.07 Å². The van der Waals surface area contributed by atoms with Gasteiger partial charge in [-0.25, -0.2) is 4.39 Å². The molecule has 90 valence electrons. The first-order valence-electron chi connectivity index (χ1n) is 4.97. The van der Waals surface area contributed by atoms with Crippen molar-refractivity contribution in [1.29, 1.82) is 0 Å². The SMILES string of the molecule is O=c1[nH]c(CNCc2cccc(Cl)c2F)cs1. The van der Waals surface area contributed by atoms with Gasteiger partial charge in [0.05, 0.1) is 5.02 Å². The maximum absolute atomic E-state index is 13.5. The number of benzene rings is 1. The van der Waals surface area contributed by atoms with Gasteiger partial charge in [-0.3, -0.25) is 4.79 Å². The van der Waals surface area contributed by atoms with Crippen molar-refractivity contribution in [2.75, 3.05) is 0 Å². The van der Waals surface area contributed by atoms with Crippen molar-refractivity contribution >= 4 is 22.9 Å². The highest BCUT2D eigenvalue weighted by atomic mass is 35.5. The van der Waals surface area contributed by atoms with Gasteiger partial charge in [0.2, 0.25) is 0 Å². The lowest BCUT2D eigenvalue weighted by atomic mass is 10.2. The van der Waals surface area contributed by atoms with Crippen LogP contribution in [-0.2, 0) is 13.1 Å². The Morgan fingerprint density at radius 1 is 1.41 bits per heavy atom. The Morgan fingerprint density at radius 3 is 2.94 bits per heavy atom. The molecule has 17 heavy (non-hydrogen) atoms. The summed E-state index contributed by atoms with van der Waals surface area (Å²) in [6, 6.07) is 4.89. The van der Waals surface area contributed by atoms with E-state index in [1.165, 1.54) is 6.07 Å². The monoisotopic (exact) mass is 272 g/mol. The minimum absolute atomic E-state index is 0.0873. The Morgan fingerprint density at radius 2 is 2.24 bits per heavy atom. The van der Waals surface area contributed by atoms with Gasteiger partial charge < -0.3 is 10.3 Å². The number of aromatic nitrogens is 1. The summed E-state index contributed by atoms with van der Waals surface area (Å²) in [4.78, 5) is 13.5. The van der Waals surface area contributed by atoms with E-state index >= 15 is 0 Å². The first kappa shape index (κ1) is 12.3. The van der Waals surface area contributed by atoms with Gasteiger partial charge in [0.15, 0.2) is 0 Å². The molecule has 6 heteroatoms. The molecular weight excluding hydrogens is 263 g/mol. The summed E-state index contributed by atoms with van der Waals surface area (Å²) < 4.78 is 13.5. The van der Waals surface area contributed by atoms with Crippen molar-refractivity contribution < 1.29 is 4.39 Å². The number of H-pyrrole nitrogens is 1. The Labute approximate surface area is 106 Å². The van der Waals surface area contributed by atoms with Gasteiger partial charge >= 0.3 is 4.87 Å². The summed E-state index contributed by atoms with van der Waals surface area (Å²) in [7, 11) is 0.